The van der Waals surface area contributed by atoms with Crippen LogP contribution in [-0.2, 0) is 13.0 Å². The van der Waals surface area contributed by atoms with Crippen LogP contribution < -0.4 is 5.32 Å². The van der Waals surface area contributed by atoms with Gasteiger partial charge in [-0.05, 0) is 48.7 Å². The quantitative estimate of drug-likeness (QED) is 0.611. The molecule has 25 heavy (non-hydrogen) atoms. The largest absolute Gasteiger partial charge is 0.363 e. The van der Waals surface area contributed by atoms with Crippen LogP contribution in [0.2, 0.25) is 5.28 Å². The van der Waals surface area contributed by atoms with Gasteiger partial charge in [-0.15, -0.1) is 16.4 Å². The van der Waals surface area contributed by atoms with Crippen molar-refractivity contribution >= 4 is 34.3 Å². The van der Waals surface area contributed by atoms with E-state index in [4.69, 9.17) is 11.6 Å². The minimum Gasteiger partial charge on any atom is -0.363 e. The Kier molecular flexibility index (Phi) is 4.65. The zero-order valence-corrected chi connectivity index (χ0v) is 15.6. The Bertz CT molecular complexity index is 886. The molecule has 0 radical (unpaired) electrons. The molecule has 0 atom stereocenters. The van der Waals surface area contributed by atoms with Gasteiger partial charge >= 0.3 is 0 Å². The van der Waals surface area contributed by atoms with Crippen LogP contribution in [0.15, 0.2) is 17.5 Å². The van der Waals surface area contributed by atoms with Gasteiger partial charge in [0, 0.05) is 16.1 Å². The number of thiophene rings is 1. The lowest BCUT2D eigenvalue weighted by Crippen LogP contribution is -2.06. The molecule has 0 amide bonds. The molecule has 1 aliphatic carbocycles. The first-order valence-electron chi connectivity index (χ1n) is 8.63. The van der Waals surface area contributed by atoms with Gasteiger partial charge in [0.2, 0.25) is 5.28 Å². The molecule has 4 rings (SSSR count). The highest BCUT2D eigenvalue weighted by Gasteiger charge is 2.23. The Morgan fingerprint density at radius 2 is 2.28 bits per heavy atom. The van der Waals surface area contributed by atoms with Gasteiger partial charge < -0.3 is 5.32 Å². The van der Waals surface area contributed by atoms with Gasteiger partial charge in [0.05, 0.1) is 6.54 Å². The van der Waals surface area contributed by atoms with Crippen molar-refractivity contribution in [1.29, 1.82) is 0 Å². The maximum absolute atomic E-state index is 15.1. The second-order valence-corrected chi connectivity index (χ2v) is 8.01. The van der Waals surface area contributed by atoms with E-state index in [0.29, 0.717) is 17.9 Å². The Morgan fingerprint density at radius 3 is 3.00 bits per heavy atom. The Hall–Kier alpha value is -1.66. The zero-order chi connectivity index (χ0) is 17.4. The molecule has 0 aliphatic heterocycles. The van der Waals surface area contributed by atoms with Crippen LogP contribution in [0.5, 0.6) is 0 Å². The molecule has 3 heterocycles. The van der Waals surface area contributed by atoms with Crippen molar-refractivity contribution in [3.8, 4) is 0 Å². The summed E-state index contributed by atoms with van der Waals surface area (Å²) < 4.78 is 16.7. The number of aromatic nitrogens is 3. The van der Waals surface area contributed by atoms with Crippen LogP contribution in [-0.4, -0.2) is 14.6 Å². The number of hydrogen-bond donors (Lipinski definition) is 1. The Balaban J connectivity index is 1.64. The fraction of sp³-hybridized carbons (Fsp3) is 0.444. The van der Waals surface area contributed by atoms with Crippen molar-refractivity contribution in [2.45, 2.75) is 45.6 Å². The minimum absolute atomic E-state index is 0.115. The fourth-order valence-electron chi connectivity index (χ4n) is 3.24. The number of fused-ring (bicyclic) bond motifs is 1. The summed E-state index contributed by atoms with van der Waals surface area (Å²) in [6.07, 6.45) is 5.59. The average molecular weight is 379 g/mol. The van der Waals surface area contributed by atoms with E-state index in [0.717, 1.165) is 34.9 Å². The molecular formula is C18H20ClFN4S. The third kappa shape index (κ3) is 3.51. The number of aryl methyl sites for hydroxylation is 1. The van der Waals surface area contributed by atoms with Gasteiger partial charge in [-0.2, -0.15) is 4.98 Å². The van der Waals surface area contributed by atoms with E-state index in [2.05, 4.69) is 15.4 Å². The summed E-state index contributed by atoms with van der Waals surface area (Å²) in [5.74, 6) is 1.08. The molecule has 1 N–H and O–H groups in total. The molecule has 0 bridgehead atoms. The summed E-state index contributed by atoms with van der Waals surface area (Å²) in [5.41, 5.74) is 1.93. The molecule has 3 aromatic rings. The van der Waals surface area contributed by atoms with Crippen molar-refractivity contribution in [3.05, 3.63) is 44.7 Å². The van der Waals surface area contributed by atoms with Crippen molar-refractivity contribution in [2.75, 3.05) is 5.32 Å². The van der Waals surface area contributed by atoms with E-state index in [1.54, 1.807) is 15.9 Å². The molecule has 1 saturated carbocycles. The molecule has 7 heteroatoms. The second kappa shape index (κ2) is 6.92. The van der Waals surface area contributed by atoms with Crippen LogP contribution in [0.25, 0.3) is 5.52 Å². The fourth-order valence-corrected chi connectivity index (χ4v) is 4.05. The maximum Gasteiger partial charge on any atom is 0.243 e. The summed E-state index contributed by atoms with van der Waals surface area (Å²) in [6, 6.07) is 4.02. The molecule has 1 aliphatic rings. The lowest BCUT2D eigenvalue weighted by Gasteiger charge is -2.07. The summed E-state index contributed by atoms with van der Waals surface area (Å²) in [7, 11) is 0. The molecule has 4 nitrogen and oxygen atoms in total. The predicted molar refractivity (Wildman–Crippen MR) is 100.0 cm³/mol. The lowest BCUT2D eigenvalue weighted by atomic mass is 10.1. The predicted octanol–water partition coefficient (Wildman–Crippen LogP) is 5.24. The van der Waals surface area contributed by atoms with Gasteiger partial charge in [0.15, 0.2) is 11.6 Å². The van der Waals surface area contributed by atoms with Crippen LogP contribution in [0.3, 0.4) is 0 Å². The normalized spacial score (nSPS) is 14.4. The number of rotatable bonds is 7. The third-order valence-corrected chi connectivity index (χ3v) is 5.83. The second-order valence-electron chi connectivity index (χ2n) is 6.64. The summed E-state index contributed by atoms with van der Waals surface area (Å²) in [4.78, 5) is 5.38. The molecule has 0 saturated heterocycles. The van der Waals surface area contributed by atoms with Gasteiger partial charge in [-0.25, -0.2) is 8.91 Å². The van der Waals surface area contributed by atoms with E-state index in [1.807, 2.05) is 24.4 Å². The molecule has 3 aromatic heterocycles. The standard InChI is InChI=1S/C18H20ClFN4S/c1-11-14(6-2-4-12-7-8-12)15(20)16-17(22-18(19)23-24(11)16)21-10-13-5-3-9-25-13/h3,5,9,12H,2,4,6-8,10H2,1H3,(H,21,22,23). The van der Waals surface area contributed by atoms with Crippen LogP contribution in [0.4, 0.5) is 10.2 Å². The number of halogens is 2. The third-order valence-electron chi connectivity index (χ3n) is 4.80. The topological polar surface area (TPSA) is 42.2 Å². The average Bonchev–Trinajstić information content (AvgIpc) is 3.20. The maximum atomic E-state index is 15.1. The molecule has 0 aromatic carbocycles. The summed E-state index contributed by atoms with van der Waals surface area (Å²) in [5, 5.41) is 9.55. The monoisotopic (exact) mass is 378 g/mol. The Labute approximate surface area is 155 Å². The van der Waals surface area contributed by atoms with E-state index in [-0.39, 0.29) is 11.1 Å². The SMILES string of the molecule is Cc1c(CCCC2CC2)c(F)c2c(NCc3cccs3)nc(Cl)nn12. The van der Waals surface area contributed by atoms with E-state index in [9.17, 15) is 0 Å². The first kappa shape index (κ1) is 16.8. The summed E-state index contributed by atoms with van der Waals surface area (Å²) in [6.45, 7) is 2.48. The first-order chi connectivity index (χ1) is 12.1. The molecule has 0 spiro atoms. The summed E-state index contributed by atoms with van der Waals surface area (Å²) >= 11 is 7.71. The van der Waals surface area contributed by atoms with E-state index >= 15 is 4.39 Å². The highest BCUT2D eigenvalue weighted by Crippen LogP contribution is 2.35. The smallest absolute Gasteiger partial charge is 0.243 e. The van der Waals surface area contributed by atoms with Crippen LogP contribution in [0.1, 0.15) is 41.8 Å². The minimum atomic E-state index is -0.223. The van der Waals surface area contributed by atoms with Gasteiger partial charge in [-0.1, -0.05) is 25.3 Å². The van der Waals surface area contributed by atoms with Crippen LogP contribution in [0, 0.1) is 18.7 Å². The first-order valence-corrected chi connectivity index (χ1v) is 9.88. The Morgan fingerprint density at radius 1 is 1.44 bits per heavy atom. The highest BCUT2D eigenvalue weighted by molar-refractivity contribution is 7.09. The van der Waals surface area contributed by atoms with Gasteiger partial charge in [0.25, 0.3) is 0 Å². The molecule has 132 valence electrons. The van der Waals surface area contributed by atoms with E-state index in [1.165, 1.54) is 19.3 Å². The number of anilines is 1. The zero-order valence-electron chi connectivity index (χ0n) is 14.1. The van der Waals surface area contributed by atoms with Gasteiger partial charge in [-0.3, -0.25) is 0 Å². The van der Waals surface area contributed by atoms with Crippen LogP contribution >= 0.6 is 22.9 Å². The number of nitrogens with zero attached hydrogens (tertiary/aromatic N) is 3. The highest BCUT2D eigenvalue weighted by atomic mass is 35.5. The van der Waals surface area contributed by atoms with Crippen molar-refractivity contribution in [1.82, 2.24) is 14.6 Å². The molecule has 0 unspecified atom stereocenters. The molecular weight excluding hydrogens is 359 g/mol. The molecule has 1 fully saturated rings. The van der Waals surface area contributed by atoms with Crippen molar-refractivity contribution < 1.29 is 4.39 Å². The number of hydrogen-bond acceptors (Lipinski definition) is 4. The number of nitrogens with one attached hydrogen (secondary N) is 1. The van der Waals surface area contributed by atoms with E-state index < -0.39 is 0 Å². The van der Waals surface area contributed by atoms with Gasteiger partial charge in [0.1, 0.15) is 5.52 Å². The lowest BCUT2D eigenvalue weighted by molar-refractivity contribution is 0.603. The van der Waals surface area contributed by atoms with Crippen molar-refractivity contribution in [3.63, 3.8) is 0 Å². The van der Waals surface area contributed by atoms with Crippen molar-refractivity contribution in [2.24, 2.45) is 5.92 Å².